The van der Waals surface area contributed by atoms with Crippen LogP contribution in [-0.4, -0.2) is 30.6 Å². The molecule has 2 aliphatic carbocycles. The molecule has 0 saturated heterocycles. The largest absolute Gasteiger partial charge is 0.312 e. The van der Waals surface area contributed by atoms with E-state index in [-0.39, 0.29) is 0 Å². The monoisotopic (exact) mass is 258 g/mol. The van der Waals surface area contributed by atoms with Gasteiger partial charge in [0.2, 0.25) is 0 Å². The summed E-state index contributed by atoms with van der Waals surface area (Å²) in [4.78, 5) is 2.77. The molecule has 2 fully saturated rings. The van der Waals surface area contributed by atoms with Crippen LogP contribution in [0.2, 0.25) is 0 Å². The Balaban J connectivity index is 1.72. The molecule has 2 heteroatoms. The standard InChI is InChI=1S/C17H26N2/c1-13(17(18-2)15-6-4-3-5-7-15)19(16-10-11-16)12-14-8-9-14/h3-7,13-14,16-18H,8-12H2,1-2H3. The highest BCUT2D eigenvalue weighted by Crippen LogP contribution is 2.38. The van der Waals surface area contributed by atoms with Crippen LogP contribution in [0.15, 0.2) is 30.3 Å². The van der Waals surface area contributed by atoms with E-state index in [0.717, 1.165) is 12.0 Å². The number of hydrogen-bond acceptors (Lipinski definition) is 2. The fourth-order valence-corrected chi connectivity index (χ4v) is 3.19. The molecule has 2 atom stereocenters. The number of benzene rings is 1. The van der Waals surface area contributed by atoms with Gasteiger partial charge < -0.3 is 5.32 Å². The van der Waals surface area contributed by atoms with Crippen LogP contribution in [0.5, 0.6) is 0 Å². The summed E-state index contributed by atoms with van der Waals surface area (Å²) in [6, 6.07) is 12.8. The van der Waals surface area contributed by atoms with E-state index in [1.165, 1.54) is 37.8 Å². The molecular weight excluding hydrogens is 232 g/mol. The smallest absolute Gasteiger partial charge is 0.0473 e. The van der Waals surface area contributed by atoms with Gasteiger partial charge in [0.15, 0.2) is 0 Å². The Morgan fingerprint density at radius 3 is 2.37 bits per heavy atom. The van der Waals surface area contributed by atoms with Crippen molar-refractivity contribution in [1.29, 1.82) is 0 Å². The molecular formula is C17H26N2. The lowest BCUT2D eigenvalue weighted by atomic mass is 9.99. The minimum Gasteiger partial charge on any atom is -0.312 e. The second-order valence-electron chi connectivity index (χ2n) is 6.29. The quantitative estimate of drug-likeness (QED) is 0.808. The Morgan fingerprint density at radius 1 is 1.16 bits per heavy atom. The van der Waals surface area contributed by atoms with E-state index >= 15 is 0 Å². The van der Waals surface area contributed by atoms with Gasteiger partial charge in [-0.25, -0.2) is 0 Å². The van der Waals surface area contributed by atoms with Crippen LogP contribution in [0.1, 0.15) is 44.2 Å². The van der Waals surface area contributed by atoms with Crippen molar-refractivity contribution in [3.8, 4) is 0 Å². The minimum absolute atomic E-state index is 0.445. The molecule has 2 saturated carbocycles. The van der Waals surface area contributed by atoms with Gasteiger partial charge in [0.25, 0.3) is 0 Å². The molecule has 1 aromatic rings. The molecule has 1 aromatic carbocycles. The van der Waals surface area contributed by atoms with Crippen LogP contribution in [-0.2, 0) is 0 Å². The van der Waals surface area contributed by atoms with Gasteiger partial charge in [-0.3, -0.25) is 4.90 Å². The van der Waals surface area contributed by atoms with Gasteiger partial charge in [-0.05, 0) is 51.1 Å². The molecule has 0 spiro atoms. The van der Waals surface area contributed by atoms with E-state index in [0.29, 0.717) is 12.1 Å². The molecule has 19 heavy (non-hydrogen) atoms. The predicted molar refractivity (Wildman–Crippen MR) is 80.2 cm³/mol. The van der Waals surface area contributed by atoms with E-state index < -0.39 is 0 Å². The fraction of sp³-hybridized carbons (Fsp3) is 0.647. The topological polar surface area (TPSA) is 15.3 Å². The molecule has 0 heterocycles. The van der Waals surface area contributed by atoms with Gasteiger partial charge in [-0.2, -0.15) is 0 Å². The van der Waals surface area contributed by atoms with Gasteiger partial charge in [-0.15, -0.1) is 0 Å². The van der Waals surface area contributed by atoms with E-state index in [4.69, 9.17) is 0 Å². The first-order valence-corrected chi connectivity index (χ1v) is 7.77. The molecule has 0 radical (unpaired) electrons. The summed E-state index contributed by atoms with van der Waals surface area (Å²) in [5.41, 5.74) is 1.42. The Hall–Kier alpha value is -0.860. The van der Waals surface area contributed by atoms with Gasteiger partial charge in [-0.1, -0.05) is 30.3 Å². The average Bonchev–Trinajstić information content (AvgIpc) is 3.30. The first-order chi connectivity index (χ1) is 9.29. The summed E-state index contributed by atoms with van der Waals surface area (Å²) in [5, 5.41) is 3.53. The third kappa shape index (κ3) is 3.18. The van der Waals surface area contributed by atoms with E-state index in [1.807, 2.05) is 0 Å². The van der Waals surface area contributed by atoms with Crippen LogP contribution in [0.4, 0.5) is 0 Å². The maximum Gasteiger partial charge on any atom is 0.0473 e. The van der Waals surface area contributed by atoms with Crippen LogP contribution >= 0.6 is 0 Å². The lowest BCUT2D eigenvalue weighted by Gasteiger charge is -2.35. The van der Waals surface area contributed by atoms with Crippen LogP contribution in [0.25, 0.3) is 0 Å². The third-order valence-corrected chi connectivity index (χ3v) is 4.66. The highest BCUT2D eigenvalue weighted by Gasteiger charge is 2.38. The van der Waals surface area contributed by atoms with E-state index in [2.05, 4.69) is 54.5 Å². The van der Waals surface area contributed by atoms with Crippen molar-refractivity contribution in [1.82, 2.24) is 10.2 Å². The number of nitrogens with one attached hydrogen (secondary N) is 1. The summed E-state index contributed by atoms with van der Waals surface area (Å²) < 4.78 is 0. The lowest BCUT2D eigenvalue weighted by Crippen LogP contribution is -2.44. The molecule has 0 aliphatic heterocycles. The number of likely N-dealkylation sites (N-methyl/N-ethyl adjacent to an activating group) is 1. The number of hydrogen-bond donors (Lipinski definition) is 1. The molecule has 2 aliphatic rings. The third-order valence-electron chi connectivity index (χ3n) is 4.66. The van der Waals surface area contributed by atoms with E-state index in [1.54, 1.807) is 0 Å². The Labute approximate surface area is 117 Å². The molecule has 2 unspecified atom stereocenters. The second kappa shape index (κ2) is 5.64. The molecule has 0 amide bonds. The van der Waals surface area contributed by atoms with Crippen molar-refractivity contribution in [2.24, 2.45) is 5.92 Å². The first-order valence-electron chi connectivity index (χ1n) is 7.77. The Kier molecular flexibility index (Phi) is 3.90. The van der Waals surface area contributed by atoms with Gasteiger partial charge >= 0.3 is 0 Å². The fourth-order valence-electron chi connectivity index (χ4n) is 3.19. The summed E-state index contributed by atoms with van der Waals surface area (Å²) >= 11 is 0. The normalized spacial score (nSPS) is 22.5. The zero-order valence-corrected chi connectivity index (χ0v) is 12.2. The second-order valence-corrected chi connectivity index (χ2v) is 6.29. The highest BCUT2D eigenvalue weighted by atomic mass is 15.2. The molecule has 2 nitrogen and oxygen atoms in total. The summed E-state index contributed by atoms with van der Waals surface area (Å²) in [6.45, 7) is 3.71. The van der Waals surface area contributed by atoms with Crippen molar-refractivity contribution in [3.05, 3.63) is 35.9 Å². The highest BCUT2D eigenvalue weighted by molar-refractivity contribution is 5.20. The van der Waals surface area contributed by atoms with Crippen LogP contribution in [0, 0.1) is 5.92 Å². The van der Waals surface area contributed by atoms with E-state index in [9.17, 15) is 0 Å². The van der Waals surface area contributed by atoms with Gasteiger partial charge in [0.1, 0.15) is 0 Å². The molecule has 1 N–H and O–H groups in total. The zero-order chi connectivity index (χ0) is 13.2. The maximum atomic E-state index is 3.53. The Morgan fingerprint density at radius 2 is 1.84 bits per heavy atom. The van der Waals surface area contributed by atoms with Crippen LogP contribution in [0.3, 0.4) is 0 Å². The lowest BCUT2D eigenvalue weighted by molar-refractivity contribution is 0.156. The summed E-state index contributed by atoms with van der Waals surface area (Å²) in [5.74, 6) is 0.983. The minimum atomic E-state index is 0.445. The van der Waals surface area contributed by atoms with Crippen LogP contribution < -0.4 is 5.32 Å². The number of nitrogens with zero attached hydrogens (tertiary/aromatic N) is 1. The predicted octanol–water partition coefficient (Wildman–Crippen LogP) is 3.21. The Bertz CT molecular complexity index is 395. The maximum absolute atomic E-state index is 3.53. The zero-order valence-electron chi connectivity index (χ0n) is 12.2. The molecule has 0 aromatic heterocycles. The van der Waals surface area contributed by atoms with Crippen molar-refractivity contribution < 1.29 is 0 Å². The molecule has 3 rings (SSSR count). The van der Waals surface area contributed by atoms with Crippen molar-refractivity contribution in [2.75, 3.05) is 13.6 Å². The van der Waals surface area contributed by atoms with Crippen molar-refractivity contribution in [2.45, 2.75) is 50.7 Å². The summed E-state index contributed by atoms with van der Waals surface area (Å²) in [6.07, 6.45) is 5.71. The van der Waals surface area contributed by atoms with Gasteiger partial charge in [0, 0.05) is 24.7 Å². The first kappa shape index (κ1) is 13.1. The molecule has 104 valence electrons. The molecule has 0 bridgehead atoms. The summed E-state index contributed by atoms with van der Waals surface area (Å²) in [7, 11) is 2.09. The SMILES string of the molecule is CNC(c1ccccc1)C(C)N(CC1CC1)C1CC1. The van der Waals surface area contributed by atoms with Gasteiger partial charge in [0.05, 0.1) is 0 Å². The van der Waals surface area contributed by atoms with Crippen molar-refractivity contribution in [3.63, 3.8) is 0 Å². The number of rotatable bonds is 7. The van der Waals surface area contributed by atoms with Crippen molar-refractivity contribution >= 4 is 0 Å². The average molecular weight is 258 g/mol.